The van der Waals surface area contributed by atoms with Crippen molar-refractivity contribution in [1.29, 1.82) is 0 Å². The van der Waals surface area contributed by atoms with E-state index in [0.29, 0.717) is 0 Å². The number of benzene rings is 1. The maximum atomic E-state index is 12.2. The second-order valence-corrected chi connectivity index (χ2v) is 6.26. The molecule has 1 unspecified atom stereocenters. The zero-order valence-corrected chi connectivity index (χ0v) is 12.0. The van der Waals surface area contributed by atoms with E-state index >= 15 is 0 Å². The third-order valence-electron chi connectivity index (χ3n) is 4.98. The Morgan fingerprint density at radius 1 is 1.25 bits per heavy atom. The first-order chi connectivity index (χ1) is 9.80. The van der Waals surface area contributed by atoms with E-state index in [1.165, 1.54) is 31.2 Å². The fourth-order valence-corrected chi connectivity index (χ4v) is 3.69. The summed E-state index contributed by atoms with van der Waals surface area (Å²) in [5.74, 6) is 0.404. The Kier molecular flexibility index (Phi) is 4.06. The predicted molar refractivity (Wildman–Crippen MR) is 80.6 cm³/mol. The molecule has 20 heavy (non-hydrogen) atoms. The monoisotopic (exact) mass is 272 g/mol. The molecule has 0 bridgehead atoms. The lowest BCUT2D eigenvalue weighted by Crippen LogP contribution is -2.41. The van der Waals surface area contributed by atoms with Gasteiger partial charge in [0.25, 0.3) is 0 Å². The van der Waals surface area contributed by atoms with Gasteiger partial charge in [-0.25, -0.2) is 0 Å². The summed E-state index contributed by atoms with van der Waals surface area (Å²) in [6.07, 6.45) is 5.91. The van der Waals surface area contributed by atoms with E-state index in [1.807, 2.05) is 0 Å². The minimum Gasteiger partial charge on any atom is -0.355 e. The number of nitrogens with one attached hydrogen (secondary N) is 2. The molecule has 3 nitrogen and oxygen atoms in total. The van der Waals surface area contributed by atoms with Crippen molar-refractivity contribution in [2.24, 2.45) is 5.92 Å². The minimum atomic E-state index is 0.170. The molecule has 1 saturated heterocycles. The van der Waals surface area contributed by atoms with Gasteiger partial charge in [0.15, 0.2) is 0 Å². The van der Waals surface area contributed by atoms with E-state index in [4.69, 9.17) is 0 Å². The molecule has 1 heterocycles. The fourth-order valence-electron chi connectivity index (χ4n) is 3.69. The highest BCUT2D eigenvalue weighted by molar-refractivity contribution is 5.79. The molecule has 1 aliphatic heterocycles. The predicted octanol–water partition coefficient (Wildman–Crippen LogP) is 2.22. The largest absolute Gasteiger partial charge is 0.355 e. The summed E-state index contributed by atoms with van der Waals surface area (Å²) in [6, 6.07) is 10.7. The van der Waals surface area contributed by atoms with Crippen LogP contribution in [0.1, 0.15) is 37.7 Å². The third kappa shape index (κ3) is 2.73. The molecule has 1 atom stereocenters. The summed E-state index contributed by atoms with van der Waals surface area (Å²) in [4.78, 5) is 12.2. The molecule has 1 aliphatic carbocycles. The van der Waals surface area contributed by atoms with Crippen molar-refractivity contribution in [1.82, 2.24) is 10.6 Å². The maximum absolute atomic E-state index is 12.2. The van der Waals surface area contributed by atoms with Crippen LogP contribution in [0.4, 0.5) is 0 Å². The van der Waals surface area contributed by atoms with Gasteiger partial charge in [-0.2, -0.15) is 0 Å². The molecule has 2 fully saturated rings. The molecule has 1 saturated carbocycles. The Bertz CT molecular complexity index is 445. The topological polar surface area (TPSA) is 41.1 Å². The van der Waals surface area contributed by atoms with Crippen LogP contribution in [0.25, 0.3) is 0 Å². The van der Waals surface area contributed by atoms with Crippen LogP contribution in [-0.4, -0.2) is 25.5 Å². The van der Waals surface area contributed by atoms with Crippen LogP contribution in [0, 0.1) is 5.92 Å². The second-order valence-electron chi connectivity index (χ2n) is 6.26. The molecule has 0 aromatic heterocycles. The van der Waals surface area contributed by atoms with Crippen LogP contribution in [0.3, 0.4) is 0 Å². The van der Waals surface area contributed by atoms with Gasteiger partial charge in [-0.15, -0.1) is 0 Å². The molecule has 3 rings (SSSR count). The third-order valence-corrected chi connectivity index (χ3v) is 4.98. The first-order valence-corrected chi connectivity index (χ1v) is 7.84. The van der Waals surface area contributed by atoms with Crippen LogP contribution in [-0.2, 0) is 10.2 Å². The Morgan fingerprint density at radius 2 is 2.00 bits per heavy atom. The average Bonchev–Trinajstić information content (AvgIpc) is 3.18. The summed E-state index contributed by atoms with van der Waals surface area (Å²) in [5, 5.41) is 6.49. The molecule has 1 amide bonds. The van der Waals surface area contributed by atoms with Crippen LogP contribution < -0.4 is 10.6 Å². The van der Waals surface area contributed by atoms with Gasteiger partial charge in [-0.05, 0) is 31.4 Å². The standard InChI is InChI=1S/C17H24N2O/c20-16(14-8-11-18-12-14)19-13-17(9-4-5-10-17)15-6-2-1-3-7-15/h1-3,6-7,14,18H,4-5,8-13H2,(H,19,20). The Labute approximate surface area is 121 Å². The van der Waals surface area contributed by atoms with Crippen LogP contribution >= 0.6 is 0 Å². The number of hydrogen-bond acceptors (Lipinski definition) is 2. The Morgan fingerprint density at radius 3 is 2.65 bits per heavy atom. The van der Waals surface area contributed by atoms with Gasteiger partial charge in [-0.3, -0.25) is 4.79 Å². The molecule has 3 heteroatoms. The van der Waals surface area contributed by atoms with Crippen molar-refractivity contribution in [3.05, 3.63) is 35.9 Å². The number of carbonyl (C=O) groups excluding carboxylic acids is 1. The lowest BCUT2D eigenvalue weighted by atomic mass is 9.78. The highest BCUT2D eigenvalue weighted by Crippen LogP contribution is 2.40. The maximum Gasteiger partial charge on any atom is 0.224 e. The SMILES string of the molecule is O=C(NCC1(c2ccccc2)CCCC1)C1CCNC1. The van der Waals surface area contributed by atoms with E-state index in [1.54, 1.807) is 0 Å². The van der Waals surface area contributed by atoms with Crippen molar-refractivity contribution in [3.8, 4) is 0 Å². The smallest absolute Gasteiger partial charge is 0.224 e. The molecular formula is C17H24N2O. The lowest BCUT2D eigenvalue weighted by molar-refractivity contribution is -0.124. The lowest BCUT2D eigenvalue weighted by Gasteiger charge is -2.30. The summed E-state index contributed by atoms with van der Waals surface area (Å²) in [6.45, 7) is 2.61. The van der Waals surface area contributed by atoms with Gasteiger partial charge in [-0.1, -0.05) is 43.2 Å². The van der Waals surface area contributed by atoms with Gasteiger partial charge in [0, 0.05) is 18.5 Å². The normalized spacial score (nSPS) is 24.7. The van der Waals surface area contributed by atoms with Crippen molar-refractivity contribution < 1.29 is 4.79 Å². The highest BCUT2D eigenvalue weighted by Gasteiger charge is 2.36. The second kappa shape index (κ2) is 5.96. The van der Waals surface area contributed by atoms with E-state index in [-0.39, 0.29) is 17.2 Å². The number of hydrogen-bond donors (Lipinski definition) is 2. The molecular weight excluding hydrogens is 248 g/mol. The van der Waals surface area contributed by atoms with Gasteiger partial charge in [0.2, 0.25) is 5.91 Å². The zero-order chi connectivity index (χ0) is 13.8. The van der Waals surface area contributed by atoms with E-state index in [2.05, 4.69) is 41.0 Å². The summed E-state index contributed by atoms with van der Waals surface area (Å²) >= 11 is 0. The molecule has 108 valence electrons. The van der Waals surface area contributed by atoms with Crippen LogP contribution in [0.5, 0.6) is 0 Å². The molecule has 2 aliphatic rings. The molecule has 2 N–H and O–H groups in total. The quantitative estimate of drug-likeness (QED) is 0.882. The zero-order valence-electron chi connectivity index (χ0n) is 12.0. The van der Waals surface area contributed by atoms with E-state index < -0.39 is 0 Å². The van der Waals surface area contributed by atoms with Gasteiger partial charge < -0.3 is 10.6 Å². The summed E-state index contributed by atoms with van der Waals surface area (Å²) < 4.78 is 0. The van der Waals surface area contributed by atoms with Gasteiger partial charge >= 0.3 is 0 Å². The Hall–Kier alpha value is -1.35. The van der Waals surface area contributed by atoms with Crippen molar-refractivity contribution in [2.75, 3.05) is 19.6 Å². The molecule has 0 radical (unpaired) electrons. The first-order valence-electron chi connectivity index (χ1n) is 7.84. The van der Waals surface area contributed by atoms with Crippen LogP contribution in [0.2, 0.25) is 0 Å². The Balaban J connectivity index is 1.67. The van der Waals surface area contributed by atoms with E-state index in [9.17, 15) is 4.79 Å². The average molecular weight is 272 g/mol. The molecule has 0 spiro atoms. The number of carbonyl (C=O) groups is 1. The van der Waals surface area contributed by atoms with Crippen molar-refractivity contribution >= 4 is 5.91 Å². The van der Waals surface area contributed by atoms with Gasteiger partial charge in [0.05, 0.1) is 5.92 Å². The van der Waals surface area contributed by atoms with Gasteiger partial charge in [0.1, 0.15) is 0 Å². The summed E-state index contributed by atoms with van der Waals surface area (Å²) in [7, 11) is 0. The van der Waals surface area contributed by atoms with Crippen molar-refractivity contribution in [3.63, 3.8) is 0 Å². The first kappa shape index (κ1) is 13.6. The molecule has 1 aromatic rings. The minimum absolute atomic E-state index is 0.170. The summed E-state index contributed by atoms with van der Waals surface area (Å²) in [5.41, 5.74) is 1.56. The number of amides is 1. The highest BCUT2D eigenvalue weighted by atomic mass is 16.1. The molecule has 1 aromatic carbocycles. The van der Waals surface area contributed by atoms with E-state index in [0.717, 1.165) is 26.1 Å². The van der Waals surface area contributed by atoms with Crippen molar-refractivity contribution in [2.45, 2.75) is 37.5 Å². The fraction of sp³-hybridized carbons (Fsp3) is 0.588. The number of rotatable bonds is 4. The van der Waals surface area contributed by atoms with Crippen LogP contribution in [0.15, 0.2) is 30.3 Å².